The summed E-state index contributed by atoms with van der Waals surface area (Å²) in [5.41, 5.74) is 0.212. The molecule has 6 heteroatoms. The van der Waals surface area contributed by atoms with Crippen molar-refractivity contribution in [2.45, 2.75) is 45.3 Å². The summed E-state index contributed by atoms with van der Waals surface area (Å²) in [6.07, 6.45) is -0.0420. The van der Waals surface area contributed by atoms with Gasteiger partial charge in [-0.15, -0.1) is 0 Å². The molecular weight excluding hydrogens is 262 g/mol. The third-order valence-corrected chi connectivity index (χ3v) is 2.97. The van der Waals surface area contributed by atoms with E-state index in [2.05, 4.69) is 0 Å². The van der Waals surface area contributed by atoms with Gasteiger partial charge in [0.2, 0.25) is 0 Å². The molecule has 0 aromatic heterocycles. The number of carbonyl (C=O) groups is 1. The highest BCUT2D eigenvalue weighted by Gasteiger charge is 2.24. The number of nitrogens with zero attached hydrogens (tertiary/aromatic N) is 1. The number of rotatable bonds is 7. The Morgan fingerprint density at radius 1 is 1.45 bits per heavy atom. The molecule has 20 heavy (non-hydrogen) atoms. The van der Waals surface area contributed by atoms with Gasteiger partial charge in [-0.05, 0) is 19.4 Å². The van der Waals surface area contributed by atoms with Gasteiger partial charge in [-0.3, -0.25) is 10.1 Å². The number of hydrogen-bond donors (Lipinski definition) is 1. The first-order chi connectivity index (χ1) is 9.47. The topological polar surface area (TPSA) is 89.7 Å². The van der Waals surface area contributed by atoms with E-state index in [1.165, 1.54) is 12.1 Å². The lowest BCUT2D eigenvalue weighted by molar-refractivity contribution is -0.386. The summed E-state index contributed by atoms with van der Waals surface area (Å²) < 4.78 is 5.09. The zero-order valence-electron chi connectivity index (χ0n) is 11.6. The van der Waals surface area contributed by atoms with Crippen LogP contribution in [0.4, 0.5) is 5.69 Å². The highest BCUT2D eigenvalue weighted by Crippen LogP contribution is 2.27. The number of aliphatic hydroxyl groups is 1. The average Bonchev–Trinajstić information content (AvgIpc) is 2.44. The van der Waals surface area contributed by atoms with E-state index in [0.717, 1.165) is 12.8 Å². The van der Waals surface area contributed by atoms with E-state index in [0.29, 0.717) is 12.0 Å². The maximum atomic E-state index is 11.7. The molecule has 0 radical (unpaired) electrons. The Kier molecular flexibility index (Phi) is 6.11. The smallest absolute Gasteiger partial charge is 0.335 e. The van der Waals surface area contributed by atoms with E-state index in [9.17, 15) is 20.0 Å². The van der Waals surface area contributed by atoms with Gasteiger partial charge in [0.25, 0.3) is 5.69 Å². The van der Waals surface area contributed by atoms with Crippen LogP contribution < -0.4 is 0 Å². The quantitative estimate of drug-likeness (QED) is 0.471. The fraction of sp³-hybridized carbons (Fsp3) is 0.500. The summed E-state index contributed by atoms with van der Waals surface area (Å²) in [6.45, 7) is 3.50. The molecule has 1 aromatic carbocycles. The van der Waals surface area contributed by atoms with Crippen molar-refractivity contribution >= 4 is 11.7 Å². The predicted octanol–water partition coefficient (Wildman–Crippen LogP) is 2.75. The van der Waals surface area contributed by atoms with Crippen molar-refractivity contribution in [3.8, 4) is 0 Å². The molecule has 0 saturated carbocycles. The number of nitro benzene ring substituents is 1. The molecule has 0 amide bonds. The Balaban J connectivity index is 2.74. The molecule has 0 heterocycles. The van der Waals surface area contributed by atoms with Crippen LogP contribution in [-0.2, 0) is 9.53 Å². The molecule has 0 bridgehead atoms. The SMILES string of the molecule is CCCCC(O)C(=O)OC(C)c1ccccc1[N+](=O)[O-]. The molecular formula is C14H19NO5. The van der Waals surface area contributed by atoms with Crippen molar-refractivity contribution in [3.05, 3.63) is 39.9 Å². The highest BCUT2D eigenvalue weighted by atomic mass is 16.6. The molecule has 0 fully saturated rings. The second-order valence-electron chi connectivity index (χ2n) is 4.55. The van der Waals surface area contributed by atoms with Crippen LogP contribution >= 0.6 is 0 Å². The number of carbonyl (C=O) groups excluding carboxylic acids is 1. The fourth-order valence-electron chi connectivity index (χ4n) is 1.83. The van der Waals surface area contributed by atoms with Crippen molar-refractivity contribution in [1.82, 2.24) is 0 Å². The zero-order valence-corrected chi connectivity index (χ0v) is 11.6. The number of aliphatic hydroxyl groups excluding tert-OH is 1. The minimum absolute atomic E-state index is 0.101. The second kappa shape index (κ2) is 7.59. The van der Waals surface area contributed by atoms with E-state index in [1.54, 1.807) is 19.1 Å². The van der Waals surface area contributed by atoms with Gasteiger partial charge in [-0.2, -0.15) is 0 Å². The number of esters is 1. The van der Waals surface area contributed by atoms with E-state index >= 15 is 0 Å². The number of hydrogen-bond acceptors (Lipinski definition) is 5. The normalized spacial score (nSPS) is 13.6. The maximum absolute atomic E-state index is 11.7. The van der Waals surface area contributed by atoms with E-state index < -0.39 is 23.1 Å². The Morgan fingerprint density at radius 3 is 2.70 bits per heavy atom. The van der Waals surface area contributed by atoms with Gasteiger partial charge in [-0.25, -0.2) is 4.79 Å². The zero-order chi connectivity index (χ0) is 15.1. The third kappa shape index (κ3) is 4.31. The van der Waals surface area contributed by atoms with Gasteiger partial charge in [0, 0.05) is 6.07 Å². The summed E-state index contributed by atoms with van der Waals surface area (Å²) in [5.74, 6) is -0.746. The average molecular weight is 281 g/mol. The number of benzene rings is 1. The predicted molar refractivity (Wildman–Crippen MR) is 73.1 cm³/mol. The number of nitro groups is 1. The Hall–Kier alpha value is -1.95. The summed E-state index contributed by atoms with van der Waals surface area (Å²) in [7, 11) is 0. The summed E-state index contributed by atoms with van der Waals surface area (Å²) in [4.78, 5) is 22.1. The summed E-state index contributed by atoms with van der Waals surface area (Å²) in [5, 5.41) is 20.5. The van der Waals surface area contributed by atoms with Crippen molar-refractivity contribution in [1.29, 1.82) is 0 Å². The van der Waals surface area contributed by atoms with Crippen LogP contribution in [0.5, 0.6) is 0 Å². The molecule has 0 aliphatic rings. The van der Waals surface area contributed by atoms with Crippen LogP contribution in [0.15, 0.2) is 24.3 Å². The van der Waals surface area contributed by atoms with Gasteiger partial charge in [0.05, 0.1) is 10.5 Å². The third-order valence-electron chi connectivity index (χ3n) is 2.97. The minimum Gasteiger partial charge on any atom is -0.456 e. The second-order valence-corrected chi connectivity index (χ2v) is 4.55. The maximum Gasteiger partial charge on any atom is 0.335 e. The summed E-state index contributed by atoms with van der Waals surface area (Å²) >= 11 is 0. The van der Waals surface area contributed by atoms with Gasteiger partial charge in [-0.1, -0.05) is 31.9 Å². The van der Waals surface area contributed by atoms with Crippen LogP contribution in [0.2, 0.25) is 0 Å². The van der Waals surface area contributed by atoms with Gasteiger partial charge in [0.15, 0.2) is 6.10 Å². The van der Waals surface area contributed by atoms with Crippen LogP contribution in [0.25, 0.3) is 0 Å². The first-order valence-electron chi connectivity index (χ1n) is 6.59. The van der Waals surface area contributed by atoms with Crippen LogP contribution in [0.3, 0.4) is 0 Å². The molecule has 110 valence electrons. The molecule has 1 aromatic rings. The van der Waals surface area contributed by atoms with E-state index in [4.69, 9.17) is 4.74 Å². The largest absolute Gasteiger partial charge is 0.456 e. The lowest BCUT2D eigenvalue weighted by Gasteiger charge is -2.16. The van der Waals surface area contributed by atoms with Crippen LogP contribution in [0.1, 0.15) is 44.8 Å². The van der Waals surface area contributed by atoms with Crippen molar-refractivity contribution in [2.75, 3.05) is 0 Å². The summed E-state index contributed by atoms with van der Waals surface area (Å²) in [6, 6.07) is 6.08. The standard InChI is InChI=1S/C14H19NO5/c1-3-4-9-13(16)14(17)20-10(2)11-7-5-6-8-12(11)15(18)19/h5-8,10,13,16H,3-4,9H2,1-2H3. The van der Waals surface area contributed by atoms with E-state index in [1.807, 2.05) is 6.92 Å². The highest BCUT2D eigenvalue weighted by molar-refractivity contribution is 5.74. The van der Waals surface area contributed by atoms with Crippen molar-refractivity contribution in [2.24, 2.45) is 0 Å². The van der Waals surface area contributed by atoms with E-state index in [-0.39, 0.29) is 5.69 Å². The van der Waals surface area contributed by atoms with Gasteiger partial charge < -0.3 is 9.84 Å². The molecule has 0 saturated heterocycles. The Bertz CT molecular complexity index is 474. The molecule has 0 spiro atoms. The first-order valence-corrected chi connectivity index (χ1v) is 6.59. The Morgan fingerprint density at radius 2 is 2.10 bits per heavy atom. The molecule has 6 nitrogen and oxygen atoms in total. The molecule has 0 aliphatic heterocycles. The van der Waals surface area contributed by atoms with Crippen molar-refractivity contribution in [3.63, 3.8) is 0 Å². The number of ether oxygens (including phenoxy) is 1. The number of para-hydroxylation sites is 1. The van der Waals surface area contributed by atoms with Gasteiger partial charge >= 0.3 is 5.97 Å². The Labute approximate surface area is 117 Å². The minimum atomic E-state index is -1.18. The van der Waals surface area contributed by atoms with Gasteiger partial charge in [0.1, 0.15) is 6.10 Å². The first kappa shape index (κ1) is 16.1. The van der Waals surface area contributed by atoms with Crippen LogP contribution in [0, 0.1) is 10.1 Å². The lowest BCUT2D eigenvalue weighted by atomic mass is 10.1. The fourth-order valence-corrected chi connectivity index (χ4v) is 1.83. The molecule has 0 aliphatic carbocycles. The molecule has 2 atom stereocenters. The van der Waals surface area contributed by atoms with Crippen molar-refractivity contribution < 1.29 is 19.6 Å². The van der Waals surface area contributed by atoms with Crippen LogP contribution in [-0.4, -0.2) is 22.1 Å². The number of unbranched alkanes of at least 4 members (excludes halogenated alkanes) is 1. The molecule has 2 unspecified atom stereocenters. The molecule has 1 N–H and O–H groups in total. The molecule has 1 rings (SSSR count). The monoisotopic (exact) mass is 281 g/mol. The lowest BCUT2D eigenvalue weighted by Crippen LogP contribution is -2.24.